The van der Waals surface area contributed by atoms with Crippen LogP contribution in [0.4, 0.5) is 18.9 Å². The Hall–Kier alpha value is -5.88. The number of aromatic nitrogens is 3. The number of fused-ring (bicyclic) bond motifs is 2. The number of halogens is 3. The van der Waals surface area contributed by atoms with Crippen LogP contribution in [0.15, 0.2) is 54.7 Å². The Kier molecular flexibility index (Phi) is 10.5. The van der Waals surface area contributed by atoms with Gasteiger partial charge in [0.1, 0.15) is 35.5 Å². The number of carbonyl (C=O) groups is 5. The van der Waals surface area contributed by atoms with Gasteiger partial charge in [0.25, 0.3) is 17.7 Å². The van der Waals surface area contributed by atoms with E-state index in [0.717, 1.165) is 48.4 Å². The normalized spacial score (nSPS) is 18.1. The van der Waals surface area contributed by atoms with Gasteiger partial charge in [-0.2, -0.15) is 18.3 Å². The maximum Gasteiger partial charge on any atom is 0.433 e. The van der Waals surface area contributed by atoms with E-state index in [4.69, 9.17) is 19.3 Å². The van der Waals surface area contributed by atoms with Gasteiger partial charge in [-0.05, 0) is 55.7 Å². The topological polar surface area (TPSA) is 174 Å². The molecule has 1 unspecified atom stereocenters. The van der Waals surface area contributed by atoms with E-state index in [-0.39, 0.29) is 48.0 Å². The van der Waals surface area contributed by atoms with Crippen molar-refractivity contribution in [2.75, 3.05) is 51.9 Å². The van der Waals surface area contributed by atoms with E-state index in [1.807, 2.05) is 10.9 Å². The van der Waals surface area contributed by atoms with Gasteiger partial charge in [-0.3, -0.25) is 38.9 Å². The molecule has 5 amide bonds. The summed E-state index contributed by atoms with van der Waals surface area (Å²) in [6, 6.07) is 10.1. The van der Waals surface area contributed by atoms with Gasteiger partial charge in [0, 0.05) is 43.7 Å². The van der Waals surface area contributed by atoms with Crippen LogP contribution in [0.25, 0.3) is 10.9 Å². The van der Waals surface area contributed by atoms with Crippen molar-refractivity contribution in [1.29, 1.82) is 0 Å². The summed E-state index contributed by atoms with van der Waals surface area (Å²) in [7, 11) is 1.42. The number of carbonyl (C=O) groups excluding carboxylic acids is 5. The lowest BCUT2D eigenvalue weighted by atomic mass is 10.0. The fraction of sp³-hybridized carbons (Fsp3) is 0.378. The van der Waals surface area contributed by atoms with Crippen molar-refractivity contribution >= 4 is 46.1 Å². The SMILES string of the molecule is COc1cc2nn(C3CCN(CCOCCOc4ccc5c(c4)C(=O)N(C4CCC(=O)NC4=O)C5=O)CC3)cc2cc1NC(=O)c1cccc(C(F)(F)F)n1. The van der Waals surface area contributed by atoms with Crippen molar-refractivity contribution in [2.45, 2.75) is 43.9 Å². The maximum absolute atomic E-state index is 13.1. The zero-order valence-corrected chi connectivity index (χ0v) is 29.6. The number of hydrogen-bond acceptors (Lipinski definition) is 11. The molecule has 3 aliphatic heterocycles. The number of nitrogens with one attached hydrogen (secondary N) is 2. The Morgan fingerprint density at radius 1 is 0.964 bits per heavy atom. The van der Waals surface area contributed by atoms with Gasteiger partial charge in [-0.15, -0.1) is 0 Å². The van der Waals surface area contributed by atoms with Crippen LogP contribution in [-0.2, 0) is 20.5 Å². The number of alkyl halides is 3. The largest absolute Gasteiger partial charge is 0.494 e. The van der Waals surface area contributed by atoms with E-state index in [1.54, 1.807) is 18.2 Å². The van der Waals surface area contributed by atoms with E-state index in [1.165, 1.54) is 25.3 Å². The molecule has 0 saturated carbocycles. The molecule has 2 aromatic heterocycles. The maximum atomic E-state index is 13.1. The lowest BCUT2D eigenvalue weighted by molar-refractivity contribution is -0.141. The zero-order chi connectivity index (χ0) is 38.9. The minimum absolute atomic E-state index is 0.0436. The number of methoxy groups -OCH3 is 1. The summed E-state index contributed by atoms with van der Waals surface area (Å²) in [6.45, 7) is 3.32. The molecule has 0 spiro atoms. The van der Waals surface area contributed by atoms with Gasteiger partial charge in [0.05, 0.1) is 48.7 Å². The smallest absolute Gasteiger partial charge is 0.433 e. The summed E-state index contributed by atoms with van der Waals surface area (Å²) in [6.07, 6.45) is -1.02. The Labute approximate surface area is 311 Å². The van der Waals surface area contributed by atoms with E-state index in [2.05, 4.69) is 20.5 Å². The highest BCUT2D eigenvalue weighted by Crippen LogP contribution is 2.33. The predicted molar refractivity (Wildman–Crippen MR) is 188 cm³/mol. The van der Waals surface area contributed by atoms with Crippen LogP contribution in [0, 0.1) is 0 Å². The number of rotatable bonds is 12. The standard InChI is InChI=1S/C37H36F3N7O8/c1-53-30-19-27-21(17-28(30)42-33(49)26-3-2-4-31(41-26)37(38,39)40)20-46(44-27)22-9-11-45(12-10-22)13-14-54-15-16-55-23-5-6-24-25(18-23)36(52)47(35(24)51)29-7-8-32(48)43-34(29)50/h2-6,17-20,22,29H,7-16H2,1H3,(H,42,49)(H,43,48,50). The minimum atomic E-state index is -4.68. The predicted octanol–water partition coefficient (Wildman–Crippen LogP) is 3.84. The lowest BCUT2D eigenvalue weighted by Gasteiger charge is -2.31. The number of ether oxygens (including phenoxy) is 3. The van der Waals surface area contributed by atoms with Crippen molar-refractivity contribution in [3.05, 3.63) is 77.2 Å². The first-order valence-electron chi connectivity index (χ1n) is 17.6. The van der Waals surface area contributed by atoms with Crippen LogP contribution in [0.3, 0.4) is 0 Å². The second kappa shape index (κ2) is 15.5. The monoisotopic (exact) mass is 763 g/mol. The van der Waals surface area contributed by atoms with E-state index >= 15 is 0 Å². The van der Waals surface area contributed by atoms with Crippen LogP contribution in [0.1, 0.15) is 68.6 Å². The van der Waals surface area contributed by atoms with E-state index in [9.17, 15) is 37.1 Å². The zero-order valence-electron chi connectivity index (χ0n) is 29.6. The molecule has 0 bridgehead atoms. The Balaban J connectivity index is 0.854. The van der Waals surface area contributed by atoms with Crippen LogP contribution in [0.5, 0.6) is 11.5 Å². The molecule has 15 nitrogen and oxygen atoms in total. The molecule has 288 valence electrons. The molecule has 2 N–H and O–H groups in total. The first-order chi connectivity index (χ1) is 26.4. The average Bonchev–Trinajstić information content (AvgIpc) is 3.69. The summed E-state index contributed by atoms with van der Waals surface area (Å²) in [4.78, 5) is 69.2. The van der Waals surface area contributed by atoms with Crippen LogP contribution in [-0.4, -0.2) is 107 Å². The number of likely N-dealkylation sites (tertiary alicyclic amines) is 1. The lowest BCUT2D eigenvalue weighted by Crippen LogP contribution is -2.54. The second-order valence-electron chi connectivity index (χ2n) is 13.3. The van der Waals surface area contributed by atoms with Crippen LogP contribution in [0.2, 0.25) is 0 Å². The molecule has 1 atom stereocenters. The van der Waals surface area contributed by atoms with Gasteiger partial charge in [-0.1, -0.05) is 6.07 Å². The molecule has 2 aromatic carbocycles. The average molecular weight is 764 g/mol. The molecule has 3 aliphatic rings. The van der Waals surface area contributed by atoms with Gasteiger partial charge in [0.15, 0.2) is 0 Å². The third-order valence-corrected chi connectivity index (χ3v) is 9.75. The molecule has 5 heterocycles. The Morgan fingerprint density at radius 2 is 1.75 bits per heavy atom. The minimum Gasteiger partial charge on any atom is -0.494 e. The van der Waals surface area contributed by atoms with Crippen molar-refractivity contribution in [3.63, 3.8) is 0 Å². The highest BCUT2D eigenvalue weighted by molar-refractivity contribution is 6.23. The number of benzene rings is 2. The first kappa shape index (κ1) is 37.4. The summed E-state index contributed by atoms with van der Waals surface area (Å²) in [5, 5.41) is 10.2. The molecule has 18 heteroatoms. The quantitative estimate of drug-likeness (QED) is 0.159. The van der Waals surface area contributed by atoms with Crippen molar-refractivity contribution < 1.29 is 51.4 Å². The van der Waals surface area contributed by atoms with Gasteiger partial charge in [0.2, 0.25) is 11.8 Å². The number of anilines is 1. The molecular formula is C37H36F3N7O8. The summed E-state index contributed by atoms with van der Waals surface area (Å²) < 4.78 is 58.2. The molecule has 7 rings (SSSR count). The molecular weight excluding hydrogens is 727 g/mol. The fourth-order valence-corrected chi connectivity index (χ4v) is 6.89. The number of nitrogens with zero attached hydrogens (tertiary/aromatic N) is 5. The highest BCUT2D eigenvalue weighted by Gasteiger charge is 2.44. The van der Waals surface area contributed by atoms with Crippen LogP contribution < -0.4 is 20.1 Å². The first-order valence-corrected chi connectivity index (χ1v) is 17.6. The Bertz CT molecular complexity index is 2170. The number of imide groups is 2. The number of amides is 5. The molecule has 0 aliphatic carbocycles. The molecule has 2 fully saturated rings. The number of pyridine rings is 1. The van der Waals surface area contributed by atoms with Crippen molar-refractivity contribution in [1.82, 2.24) is 29.9 Å². The van der Waals surface area contributed by atoms with Gasteiger partial charge < -0.3 is 24.4 Å². The third-order valence-electron chi connectivity index (χ3n) is 9.75. The molecule has 2 saturated heterocycles. The molecule has 0 radical (unpaired) electrons. The molecule has 4 aromatic rings. The second-order valence-corrected chi connectivity index (χ2v) is 13.3. The number of piperidine rings is 2. The van der Waals surface area contributed by atoms with Crippen LogP contribution >= 0.6 is 0 Å². The van der Waals surface area contributed by atoms with Gasteiger partial charge >= 0.3 is 6.18 Å². The summed E-state index contributed by atoms with van der Waals surface area (Å²) >= 11 is 0. The fourth-order valence-electron chi connectivity index (χ4n) is 6.89. The summed E-state index contributed by atoms with van der Waals surface area (Å²) in [5.41, 5.74) is -0.312. The Morgan fingerprint density at radius 3 is 2.49 bits per heavy atom. The number of hydrogen-bond donors (Lipinski definition) is 2. The van der Waals surface area contributed by atoms with E-state index in [0.29, 0.717) is 36.8 Å². The van der Waals surface area contributed by atoms with Crippen molar-refractivity contribution in [3.8, 4) is 11.5 Å². The molecule has 55 heavy (non-hydrogen) atoms. The summed E-state index contributed by atoms with van der Waals surface area (Å²) in [5.74, 6) is -2.41. The third kappa shape index (κ3) is 8.00. The van der Waals surface area contributed by atoms with Crippen molar-refractivity contribution in [2.24, 2.45) is 0 Å². The van der Waals surface area contributed by atoms with E-state index < -0.39 is 47.4 Å². The highest BCUT2D eigenvalue weighted by atomic mass is 19.4. The van der Waals surface area contributed by atoms with Gasteiger partial charge in [-0.25, -0.2) is 4.98 Å².